The van der Waals surface area contributed by atoms with E-state index in [-0.39, 0.29) is 17.2 Å². The molecule has 1 N–H and O–H groups in total. The zero-order valence-electron chi connectivity index (χ0n) is 24.2. The van der Waals surface area contributed by atoms with Crippen LogP contribution in [0.15, 0.2) is 42.4 Å². The fourth-order valence-corrected chi connectivity index (χ4v) is 2.32. The molecule has 2 heterocycles. The molecule has 1 unspecified atom stereocenters. The Balaban J connectivity index is 1.80. The Labute approximate surface area is 157 Å². The molecular formula is C19H20FNO3. The van der Waals surface area contributed by atoms with Gasteiger partial charge in [-0.15, -0.1) is 0 Å². The van der Waals surface area contributed by atoms with Gasteiger partial charge in [0.25, 0.3) is 0 Å². The van der Waals surface area contributed by atoms with Crippen molar-refractivity contribution in [3.63, 3.8) is 0 Å². The second kappa shape index (κ2) is 6.69. The molecular weight excluding hydrogens is 309 g/mol. The van der Waals surface area contributed by atoms with E-state index in [2.05, 4.69) is 5.32 Å². The summed E-state index contributed by atoms with van der Waals surface area (Å²) in [6, 6.07) is -0.434. The van der Waals surface area contributed by atoms with Crippen molar-refractivity contribution < 1.29 is 35.1 Å². The first-order valence-electron chi connectivity index (χ1n) is 13.1. The second-order valence-electron chi connectivity index (χ2n) is 5.08. The van der Waals surface area contributed by atoms with Crippen molar-refractivity contribution in [3.8, 4) is 17.2 Å². The molecule has 2 aromatic rings. The summed E-state index contributed by atoms with van der Waals surface area (Å²) in [5.41, 5.74) is -0.682. The van der Waals surface area contributed by atoms with Crippen LogP contribution >= 0.6 is 0 Å². The second-order valence-corrected chi connectivity index (χ2v) is 5.08. The Bertz CT molecular complexity index is 1200. The van der Waals surface area contributed by atoms with Crippen LogP contribution in [-0.2, 0) is 0 Å². The molecule has 2 aliphatic heterocycles. The average Bonchev–Trinajstić information content (AvgIpc) is 3.06. The molecule has 4 rings (SSSR count). The SMILES string of the molecule is [2H]c1c([2H])c(C2[C@H](C([2H])([2H])Oc3ccc4c(c3)OC([2H])([2H])O4)CNC([2H])([2H])C2([2H])[2H])c([2H])c([2H])c1F. The van der Waals surface area contributed by atoms with Crippen molar-refractivity contribution in [1.82, 2.24) is 5.32 Å². The molecule has 2 aromatic carbocycles. The lowest BCUT2D eigenvalue weighted by Crippen LogP contribution is -2.38. The van der Waals surface area contributed by atoms with E-state index in [1.54, 1.807) is 0 Å². The summed E-state index contributed by atoms with van der Waals surface area (Å²) in [5, 5.41) is 2.28. The van der Waals surface area contributed by atoms with E-state index in [1.807, 2.05) is 0 Å². The van der Waals surface area contributed by atoms with Crippen LogP contribution in [0.25, 0.3) is 0 Å². The normalized spacial score (nSPS) is 36.5. The lowest BCUT2D eigenvalue weighted by molar-refractivity contribution is 0.173. The highest BCUT2D eigenvalue weighted by atomic mass is 19.1. The molecule has 1 saturated heterocycles. The van der Waals surface area contributed by atoms with E-state index in [9.17, 15) is 4.39 Å². The van der Waals surface area contributed by atoms with Crippen molar-refractivity contribution in [1.29, 1.82) is 0 Å². The van der Waals surface area contributed by atoms with Gasteiger partial charge in [0.2, 0.25) is 6.75 Å². The number of fused-ring (bicyclic) bond motifs is 1. The van der Waals surface area contributed by atoms with Gasteiger partial charge in [-0.05, 0) is 48.6 Å². The van der Waals surface area contributed by atoms with Crippen LogP contribution in [0.4, 0.5) is 4.39 Å². The molecule has 2 atom stereocenters. The van der Waals surface area contributed by atoms with E-state index in [0.29, 0.717) is 0 Å². The summed E-state index contributed by atoms with van der Waals surface area (Å²) in [6.45, 7) is -8.59. The fourth-order valence-electron chi connectivity index (χ4n) is 2.32. The molecule has 2 aliphatic rings. The van der Waals surface area contributed by atoms with Crippen LogP contribution < -0.4 is 19.5 Å². The van der Waals surface area contributed by atoms with Gasteiger partial charge in [0.05, 0.1) is 14.8 Å². The summed E-state index contributed by atoms with van der Waals surface area (Å²) < 4.78 is 127. The Morgan fingerprint density at radius 3 is 3.00 bits per heavy atom. The van der Waals surface area contributed by atoms with Gasteiger partial charge in [-0.25, -0.2) is 4.39 Å². The molecule has 0 bridgehead atoms. The molecule has 5 heteroatoms. The first kappa shape index (κ1) is 6.92. The smallest absolute Gasteiger partial charge is 0.231 e. The van der Waals surface area contributed by atoms with E-state index >= 15 is 0 Å². The molecule has 0 saturated carbocycles. The standard InChI is InChI=1S/C19H20FNO3/c20-15-3-1-13(2-4-15)17-7-8-21-10-14(17)11-22-16-5-6-18-19(9-16)24-12-23-18/h1-6,9,14,17,21H,7-8,10-12H2/t14-,17?/m0/s1/i1D,2D,3D,4D,7D2,8D2,11D2,12D2. The van der Waals surface area contributed by atoms with E-state index in [4.69, 9.17) is 30.7 Å². The number of rotatable bonds is 4. The molecule has 4 nitrogen and oxygen atoms in total. The van der Waals surface area contributed by atoms with Gasteiger partial charge in [-0.1, -0.05) is 12.1 Å². The van der Waals surface area contributed by atoms with Crippen LogP contribution in [0, 0.1) is 11.7 Å². The zero-order chi connectivity index (χ0) is 27.0. The largest absolute Gasteiger partial charge is 0.493 e. The number of halogens is 1. The lowest BCUT2D eigenvalue weighted by Gasteiger charge is -2.32. The highest BCUT2D eigenvalue weighted by molar-refractivity contribution is 5.46. The van der Waals surface area contributed by atoms with Gasteiger partial charge in [-0.2, -0.15) is 0 Å². The minimum atomic E-state index is -3.00. The van der Waals surface area contributed by atoms with Gasteiger partial charge in [-0.3, -0.25) is 0 Å². The summed E-state index contributed by atoms with van der Waals surface area (Å²) in [6.07, 6.45) is -3.00. The first-order valence-corrected chi connectivity index (χ1v) is 7.11. The average molecular weight is 341 g/mol. The van der Waals surface area contributed by atoms with Crippen LogP contribution in [-0.4, -0.2) is 26.3 Å². The third-order valence-corrected chi connectivity index (χ3v) is 3.51. The van der Waals surface area contributed by atoms with E-state index in [1.165, 1.54) is 12.1 Å². The summed E-state index contributed by atoms with van der Waals surface area (Å²) in [4.78, 5) is 0. The molecule has 0 radical (unpaired) electrons. The molecule has 0 aliphatic carbocycles. The van der Waals surface area contributed by atoms with Crippen molar-refractivity contribution in [2.75, 3.05) is 26.3 Å². The van der Waals surface area contributed by atoms with Gasteiger partial charge in [0, 0.05) is 24.0 Å². The molecule has 1 fully saturated rings. The zero-order valence-corrected chi connectivity index (χ0v) is 12.2. The Kier molecular flexibility index (Phi) is 1.93. The van der Waals surface area contributed by atoms with Gasteiger partial charge < -0.3 is 19.5 Å². The first-order chi connectivity index (χ1) is 16.4. The van der Waals surface area contributed by atoms with Crippen LogP contribution in [0.2, 0.25) is 0 Å². The number of piperidine rings is 1. The van der Waals surface area contributed by atoms with Crippen molar-refractivity contribution >= 4 is 0 Å². The number of ether oxygens (including phenoxy) is 3. The van der Waals surface area contributed by atoms with Crippen molar-refractivity contribution in [3.05, 3.63) is 53.7 Å². The van der Waals surface area contributed by atoms with Gasteiger partial charge in [0.15, 0.2) is 11.5 Å². The summed E-state index contributed by atoms with van der Waals surface area (Å²) in [5.74, 6) is -5.28. The lowest BCUT2D eigenvalue weighted by atomic mass is 9.81. The predicted molar refractivity (Wildman–Crippen MR) is 88.2 cm³/mol. The minimum absolute atomic E-state index is 0.0320. The topological polar surface area (TPSA) is 39.7 Å². The molecule has 126 valence electrons. The maximum absolute atomic E-state index is 14.2. The third kappa shape index (κ3) is 3.17. The minimum Gasteiger partial charge on any atom is -0.493 e. The summed E-state index contributed by atoms with van der Waals surface area (Å²) >= 11 is 0. The maximum atomic E-state index is 14.2. The predicted octanol–water partition coefficient (Wildman–Crippen LogP) is 3.33. The molecule has 0 aromatic heterocycles. The Morgan fingerprint density at radius 2 is 2.12 bits per heavy atom. The van der Waals surface area contributed by atoms with Crippen LogP contribution in [0.3, 0.4) is 0 Å². The van der Waals surface area contributed by atoms with Crippen molar-refractivity contribution in [2.45, 2.75) is 12.3 Å². The van der Waals surface area contributed by atoms with E-state index in [0.717, 1.165) is 6.07 Å². The summed E-state index contributed by atoms with van der Waals surface area (Å²) in [7, 11) is 0. The van der Waals surface area contributed by atoms with Crippen LogP contribution in [0.5, 0.6) is 17.2 Å². The number of hydrogen-bond donors (Lipinski definition) is 1. The molecule has 0 amide bonds. The monoisotopic (exact) mass is 341 g/mol. The number of benzene rings is 2. The molecule has 24 heavy (non-hydrogen) atoms. The van der Waals surface area contributed by atoms with Gasteiger partial charge in [0.1, 0.15) is 14.3 Å². The van der Waals surface area contributed by atoms with E-state index < -0.39 is 80.1 Å². The van der Waals surface area contributed by atoms with Gasteiger partial charge >= 0.3 is 0 Å². The fraction of sp³-hybridized carbons (Fsp3) is 0.368. The highest BCUT2D eigenvalue weighted by Gasteiger charge is 2.27. The maximum Gasteiger partial charge on any atom is 0.231 e. The number of hydrogen-bond acceptors (Lipinski definition) is 4. The molecule has 0 spiro atoms. The van der Waals surface area contributed by atoms with Crippen molar-refractivity contribution in [2.24, 2.45) is 5.92 Å². The Hall–Kier alpha value is -2.27. The quantitative estimate of drug-likeness (QED) is 0.926. The number of nitrogens with one attached hydrogen (secondary N) is 1. The highest BCUT2D eigenvalue weighted by Crippen LogP contribution is 2.36. The Morgan fingerprint density at radius 1 is 1.29 bits per heavy atom. The third-order valence-electron chi connectivity index (χ3n) is 3.51. The van der Waals surface area contributed by atoms with Crippen LogP contribution in [0.1, 0.15) is 34.3 Å².